The van der Waals surface area contributed by atoms with Crippen molar-refractivity contribution in [3.05, 3.63) is 29.8 Å². The standard InChI is InChI=1S/C23H38O5SSi/c1-8-9-10-11-20-23(29(24,25)18-14-12-17(2)13-15-18)21(28-23)19(27-20)16-26-30(6,7)22(3,4)5/h12-15,19-21H,8-11,16H2,1-7H3/t19-,20-,21-,23-/m0/s1. The van der Waals surface area contributed by atoms with Gasteiger partial charge in [-0.05, 0) is 43.6 Å². The summed E-state index contributed by atoms with van der Waals surface area (Å²) in [4.78, 5) is -0.956. The van der Waals surface area contributed by atoms with Crippen LogP contribution in [0.25, 0.3) is 0 Å². The van der Waals surface area contributed by atoms with E-state index in [9.17, 15) is 8.42 Å². The highest BCUT2D eigenvalue weighted by atomic mass is 32.2. The Hall–Kier alpha value is -0.733. The van der Waals surface area contributed by atoms with Gasteiger partial charge in [0.15, 0.2) is 8.32 Å². The van der Waals surface area contributed by atoms with Crippen LogP contribution >= 0.6 is 0 Å². The summed E-state index contributed by atoms with van der Waals surface area (Å²) >= 11 is 0. The third-order valence-corrected chi connectivity index (χ3v) is 13.8. The first-order valence-electron chi connectivity index (χ1n) is 11.2. The lowest BCUT2D eigenvalue weighted by Gasteiger charge is -2.37. The molecule has 7 heteroatoms. The molecule has 0 saturated carbocycles. The molecule has 0 unspecified atom stereocenters. The SMILES string of the molecule is CCCCC[C@@H]1O[C@@H](CO[Si](C)(C)C(C)(C)C)[C@@H]2O[C@]12S(=O)(=O)c1ccc(C)cc1. The smallest absolute Gasteiger partial charge is 0.228 e. The van der Waals surface area contributed by atoms with Crippen molar-refractivity contribution in [2.24, 2.45) is 0 Å². The van der Waals surface area contributed by atoms with E-state index in [1.807, 2.05) is 19.1 Å². The van der Waals surface area contributed by atoms with Gasteiger partial charge in [0.1, 0.15) is 18.3 Å². The number of benzene rings is 1. The molecule has 170 valence electrons. The summed E-state index contributed by atoms with van der Waals surface area (Å²) in [5.74, 6) is 0. The average Bonchev–Trinajstić information content (AvgIpc) is 3.34. The monoisotopic (exact) mass is 454 g/mol. The van der Waals surface area contributed by atoms with Gasteiger partial charge in [0, 0.05) is 0 Å². The van der Waals surface area contributed by atoms with E-state index in [1.54, 1.807) is 12.1 Å². The van der Waals surface area contributed by atoms with Crippen molar-refractivity contribution >= 4 is 18.2 Å². The van der Waals surface area contributed by atoms with Crippen molar-refractivity contribution < 1.29 is 22.3 Å². The van der Waals surface area contributed by atoms with Gasteiger partial charge in [0.2, 0.25) is 14.8 Å². The van der Waals surface area contributed by atoms with Crippen molar-refractivity contribution in [2.75, 3.05) is 6.61 Å². The Balaban J connectivity index is 1.83. The van der Waals surface area contributed by atoms with Crippen molar-refractivity contribution in [1.29, 1.82) is 0 Å². The van der Waals surface area contributed by atoms with E-state index in [2.05, 4.69) is 40.8 Å². The van der Waals surface area contributed by atoms with E-state index in [4.69, 9.17) is 13.9 Å². The Bertz CT molecular complexity index is 843. The van der Waals surface area contributed by atoms with Gasteiger partial charge in [0.05, 0.1) is 11.5 Å². The maximum atomic E-state index is 13.6. The molecule has 2 heterocycles. The van der Waals surface area contributed by atoms with Gasteiger partial charge >= 0.3 is 0 Å². The molecule has 0 aromatic heterocycles. The zero-order valence-corrected chi connectivity index (χ0v) is 21.3. The predicted octanol–water partition coefficient (Wildman–Crippen LogP) is 5.23. The molecule has 5 nitrogen and oxygen atoms in total. The van der Waals surface area contributed by atoms with Crippen LogP contribution in [0.1, 0.15) is 58.9 Å². The Labute approximate surface area is 183 Å². The number of sulfone groups is 1. The number of epoxide rings is 1. The Kier molecular flexibility index (Phi) is 6.63. The van der Waals surface area contributed by atoms with Crippen molar-refractivity contribution in [1.82, 2.24) is 0 Å². The molecule has 1 aromatic rings. The van der Waals surface area contributed by atoms with Gasteiger partial charge in [-0.3, -0.25) is 0 Å². The first-order chi connectivity index (χ1) is 13.9. The minimum absolute atomic E-state index is 0.0849. The number of unbranched alkanes of at least 4 members (excludes halogenated alkanes) is 2. The largest absolute Gasteiger partial charge is 0.414 e. The van der Waals surface area contributed by atoms with Crippen molar-refractivity contribution in [3.8, 4) is 0 Å². The van der Waals surface area contributed by atoms with Crippen LogP contribution in [0.4, 0.5) is 0 Å². The number of hydrogen-bond acceptors (Lipinski definition) is 5. The van der Waals surface area contributed by atoms with Crippen LogP contribution in [0, 0.1) is 6.92 Å². The highest BCUT2D eigenvalue weighted by molar-refractivity contribution is 7.93. The minimum Gasteiger partial charge on any atom is -0.414 e. The number of rotatable bonds is 9. The Morgan fingerprint density at radius 1 is 1.13 bits per heavy atom. The number of hydrogen-bond donors (Lipinski definition) is 0. The van der Waals surface area contributed by atoms with Gasteiger partial charge in [-0.15, -0.1) is 0 Å². The van der Waals surface area contributed by atoms with Crippen LogP contribution in [0.5, 0.6) is 0 Å². The fourth-order valence-electron chi connectivity index (χ4n) is 3.91. The van der Waals surface area contributed by atoms with E-state index in [0.29, 0.717) is 17.9 Å². The number of fused-ring (bicyclic) bond motifs is 1. The van der Waals surface area contributed by atoms with Crippen molar-refractivity contribution in [3.63, 3.8) is 0 Å². The third-order valence-electron chi connectivity index (χ3n) is 7.01. The number of ether oxygens (including phenoxy) is 2. The molecule has 0 radical (unpaired) electrons. The maximum Gasteiger partial charge on any atom is 0.228 e. The second-order valence-electron chi connectivity index (χ2n) is 10.3. The predicted molar refractivity (Wildman–Crippen MR) is 122 cm³/mol. The van der Waals surface area contributed by atoms with Gasteiger partial charge in [0.25, 0.3) is 0 Å². The topological polar surface area (TPSA) is 65.1 Å². The van der Waals surface area contributed by atoms with E-state index in [-0.39, 0.29) is 11.1 Å². The molecule has 30 heavy (non-hydrogen) atoms. The first-order valence-corrected chi connectivity index (χ1v) is 15.5. The van der Waals surface area contributed by atoms with Crippen LogP contribution in [0.3, 0.4) is 0 Å². The highest BCUT2D eigenvalue weighted by Gasteiger charge is 2.78. The lowest BCUT2D eigenvalue weighted by molar-refractivity contribution is -0.0584. The summed E-state index contributed by atoms with van der Waals surface area (Å²) < 4.78 is 45.9. The van der Waals surface area contributed by atoms with Gasteiger partial charge in [-0.1, -0.05) is 64.7 Å². The quantitative estimate of drug-likeness (QED) is 0.290. The normalized spacial score (nSPS) is 29.1. The molecule has 2 saturated heterocycles. The molecule has 0 amide bonds. The van der Waals surface area contributed by atoms with Crippen LogP contribution in [0.2, 0.25) is 18.1 Å². The second kappa shape index (κ2) is 8.32. The Morgan fingerprint density at radius 2 is 1.77 bits per heavy atom. The highest BCUT2D eigenvalue weighted by Crippen LogP contribution is 2.57. The molecule has 0 bridgehead atoms. The van der Waals surface area contributed by atoms with E-state index in [0.717, 1.165) is 24.8 Å². The van der Waals surface area contributed by atoms with Crippen LogP contribution in [0.15, 0.2) is 29.2 Å². The first kappa shape index (κ1) is 23.9. The summed E-state index contributed by atoms with van der Waals surface area (Å²) in [5.41, 5.74) is 1.03. The molecular formula is C23H38O5SSi. The lowest BCUT2D eigenvalue weighted by atomic mass is 10.1. The molecule has 2 fully saturated rings. The fourth-order valence-corrected chi connectivity index (χ4v) is 6.99. The van der Waals surface area contributed by atoms with Crippen LogP contribution < -0.4 is 0 Å². The fraction of sp³-hybridized carbons (Fsp3) is 0.739. The summed E-state index contributed by atoms with van der Waals surface area (Å²) in [5, 5.41) is 0.0849. The number of aryl methyl sites for hydroxylation is 1. The average molecular weight is 455 g/mol. The third kappa shape index (κ3) is 4.16. The molecular weight excluding hydrogens is 416 g/mol. The van der Waals surface area contributed by atoms with Gasteiger partial charge in [-0.25, -0.2) is 8.42 Å². The molecule has 2 aliphatic rings. The molecule has 0 aliphatic carbocycles. The van der Waals surface area contributed by atoms with Gasteiger partial charge in [-0.2, -0.15) is 0 Å². The summed E-state index contributed by atoms with van der Waals surface area (Å²) in [6.07, 6.45) is 2.49. The molecule has 3 rings (SSSR count). The summed E-state index contributed by atoms with van der Waals surface area (Å²) in [7, 11) is -5.64. The zero-order chi connectivity index (χ0) is 22.4. The van der Waals surface area contributed by atoms with E-state index in [1.165, 1.54) is 0 Å². The van der Waals surface area contributed by atoms with Gasteiger partial charge < -0.3 is 13.9 Å². The summed E-state index contributed by atoms with van der Waals surface area (Å²) in [6, 6.07) is 7.03. The van der Waals surface area contributed by atoms with E-state index < -0.39 is 35.3 Å². The molecule has 4 atom stereocenters. The Morgan fingerprint density at radius 3 is 2.33 bits per heavy atom. The maximum absolute atomic E-state index is 13.6. The molecule has 1 aromatic carbocycles. The van der Waals surface area contributed by atoms with Crippen LogP contribution in [-0.4, -0.2) is 46.6 Å². The molecule has 2 aliphatic heterocycles. The van der Waals surface area contributed by atoms with E-state index >= 15 is 0 Å². The van der Waals surface area contributed by atoms with Crippen molar-refractivity contribution in [2.45, 2.75) is 107 Å². The summed E-state index contributed by atoms with van der Waals surface area (Å²) in [6.45, 7) is 15.5. The second-order valence-corrected chi connectivity index (χ2v) is 17.2. The zero-order valence-electron chi connectivity index (χ0n) is 19.5. The molecule has 0 spiro atoms. The minimum atomic E-state index is -3.67. The van der Waals surface area contributed by atoms with Crippen LogP contribution in [-0.2, 0) is 23.7 Å². The molecule has 0 N–H and O–H groups in total. The lowest BCUT2D eigenvalue weighted by Crippen LogP contribution is -2.43.